The van der Waals surface area contributed by atoms with Crippen molar-refractivity contribution < 1.29 is 13.2 Å². The third-order valence-corrected chi connectivity index (χ3v) is 6.81. The molecule has 1 aliphatic rings. The van der Waals surface area contributed by atoms with Gasteiger partial charge in [-0.05, 0) is 55.5 Å². The minimum Gasteiger partial charge on any atom is -0.309 e. The molecule has 2 aromatic rings. The van der Waals surface area contributed by atoms with Crippen LogP contribution in [0.25, 0.3) is 0 Å². The van der Waals surface area contributed by atoms with E-state index in [1.54, 1.807) is 23.1 Å². The molecule has 2 aromatic carbocycles. The molecule has 0 aliphatic carbocycles. The van der Waals surface area contributed by atoms with Gasteiger partial charge in [-0.3, -0.25) is 4.79 Å². The number of benzene rings is 2. The average Bonchev–Trinajstić information content (AvgIpc) is 3.02. The Morgan fingerprint density at radius 3 is 2.54 bits per heavy atom. The van der Waals surface area contributed by atoms with Crippen LogP contribution in [-0.4, -0.2) is 26.4 Å². The fraction of sp³-hybridized carbons (Fsp3) is 0.409. The molecule has 0 saturated carbocycles. The van der Waals surface area contributed by atoms with Crippen molar-refractivity contribution in [2.24, 2.45) is 0 Å². The Morgan fingerprint density at radius 1 is 1.18 bits per heavy atom. The summed E-state index contributed by atoms with van der Waals surface area (Å²) >= 11 is 0. The van der Waals surface area contributed by atoms with Crippen LogP contribution in [0.5, 0.6) is 0 Å². The van der Waals surface area contributed by atoms with Crippen LogP contribution < -0.4 is 9.62 Å². The highest BCUT2D eigenvalue weighted by molar-refractivity contribution is 7.89. The summed E-state index contributed by atoms with van der Waals surface area (Å²) in [5, 5.41) is 0. The Kier molecular flexibility index (Phi) is 6.20. The second-order valence-corrected chi connectivity index (χ2v) is 9.09. The second-order valence-electron chi connectivity index (χ2n) is 7.38. The summed E-state index contributed by atoms with van der Waals surface area (Å²) in [6.45, 7) is 5.81. The molecule has 5 nitrogen and oxygen atoms in total. The molecule has 0 fully saturated rings. The zero-order valence-electron chi connectivity index (χ0n) is 16.7. The number of anilines is 1. The van der Waals surface area contributed by atoms with Gasteiger partial charge in [0.15, 0.2) is 0 Å². The molecule has 0 spiro atoms. The van der Waals surface area contributed by atoms with E-state index in [0.717, 1.165) is 16.8 Å². The fourth-order valence-electron chi connectivity index (χ4n) is 3.78. The SMILES string of the molecule is CCC(=O)N1c2ccc(S(=O)(=O)N[C@@H](CC)Cc3ccccc3)cc2C[C@@H]1C. The molecule has 6 heteroatoms. The predicted octanol–water partition coefficient (Wildman–Crippen LogP) is 3.67. The minimum absolute atomic E-state index is 0.0508. The Balaban J connectivity index is 1.81. The maximum Gasteiger partial charge on any atom is 0.240 e. The molecular formula is C22H28N2O3S. The molecule has 1 amide bonds. The maximum atomic E-state index is 13.0. The summed E-state index contributed by atoms with van der Waals surface area (Å²) in [6, 6.07) is 14.8. The summed E-state index contributed by atoms with van der Waals surface area (Å²) in [6.07, 6.45) is 2.46. The summed E-state index contributed by atoms with van der Waals surface area (Å²) in [5.41, 5.74) is 2.84. The molecule has 150 valence electrons. The Morgan fingerprint density at radius 2 is 1.89 bits per heavy atom. The number of hydrogen-bond acceptors (Lipinski definition) is 3. The van der Waals surface area contributed by atoms with Gasteiger partial charge in [-0.2, -0.15) is 0 Å². The van der Waals surface area contributed by atoms with Crippen LogP contribution in [0.4, 0.5) is 5.69 Å². The monoisotopic (exact) mass is 400 g/mol. The van der Waals surface area contributed by atoms with Gasteiger partial charge in [-0.15, -0.1) is 0 Å². The number of nitrogens with zero attached hydrogens (tertiary/aromatic N) is 1. The molecule has 0 radical (unpaired) electrons. The lowest BCUT2D eigenvalue weighted by molar-refractivity contribution is -0.118. The van der Waals surface area contributed by atoms with E-state index >= 15 is 0 Å². The van der Waals surface area contributed by atoms with Crippen molar-refractivity contribution in [2.75, 3.05) is 4.90 Å². The number of amides is 1. The third-order valence-electron chi connectivity index (χ3n) is 5.29. The molecule has 3 rings (SSSR count). The summed E-state index contributed by atoms with van der Waals surface area (Å²) in [7, 11) is -3.63. The lowest BCUT2D eigenvalue weighted by Crippen LogP contribution is -2.36. The van der Waals surface area contributed by atoms with Gasteiger partial charge in [0.05, 0.1) is 4.90 Å². The van der Waals surface area contributed by atoms with Crippen molar-refractivity contribution in [3.8, 4) is 0 Å². The van der Waals surface area contributed by atoms with E-state index in [0.29, 0.717) is 25.7 Å². The first kappa shape index (κ1) is 20.6. The number of rotatable bonds is 7. The molecule has 2 atom stereocenters. The van der Waals surface area contributed by atoms with Crippen LogP contribution in [0.1, 0.15) is 44.7 Å². The van der Waals surface area contributed by atoms with Crippen LogP contribution in [0.3, 0.4) is 0 Å². The van der Waals surface area contributed by atoms with Gasteiger partial charge >= 0.3 is 0 Å². The topological polar surface area (TPSA) is 66.5 Å². The van der Waals surface area contributed by atoms with E-state index in [1.807, 2.05) is 51.1 Å². The van der Waals surface area contributed by atoms with Gasteiger partial charge in [-0.25, -0.2) is 13.1 Å². The molecular weight excluding hydrogens is 372 g/mol. The van der Waals surface area contributed by atoms with Crippen LogP contribution in [0, 0.1) is 0 Å². The number of carbonyl (C=O) groups excluding carboxylic acids is 1. The van der Waals surface area contributed by atoms with Crippen molar-refractivity contribution in [2.45, 2.75) is 63.4 Å². The van der Waals surface area contributed by atoms with E-state index in [2.05, 4.69) is 4.72 Å². The van der Waals surface area contributed by atoms with Gasteiger partial charge in [-0.1, -0.05) is 44.2 Å². The van der Waals surface area contributed by atoms with Crippen molar-refractivity contribution in [1.82, 2.24) is 4.72 Å². The smallest absolute Gasteiger partial charge is 0.240 e. The third kappa shape index (κ3) is 4.28. The molecule has 0 unspecified atom stereocenters. The highest BCUT2D eigenvalue weighted by atomic mass is 32.2. The van der Waals surface area contributed by atoms with Crippen LogP contribution in [-0.2, 0) is 27.7 Å². The van der Waals surface area contributed by atoms with Crippen molar-refractivity contribution in [3.05, 3.63) is 59.7 Å². The van der Waals surface area contributed by atoms with Gasteiger partial charge < -0.3 is 4.90 Å². The first-order chi connectivity index (χ1) is 13.4. The number of nitrogens with one attached hydrogen (secondary N) is 1. The van der Waals surface area contributed by atoms with Crippen molar-refractivity contribution in [1.29, 1.82) is 0 Å². The number of hydrogen-bond donors (Lipinski definition) is 1. The highest BCUT2D eigenvalue weighted by Gasteiger charge is 2.31. The first-order valence-corrected chi connectivity index (χ1v) is 11.3. The molecule has 1 N–H and O–H groups in total. The normalized spacial score (nSPS) is 17.4. The van der Waals surface area contributed by atoms with E-state index in [-0.39, 0.29) is 22.9 Å². The number of sulfonamides is 1. The molecule has 1 aliphatic heterocycles. The Bertz CT molecular complexity index is 942. The molecule has 1 heterocycles. The van der Waals surface area contributed by atoms with E-state index < -0.39 is 10.0 Å². The van der Waals surface area contributed by atoms with Gasteiger partial charge in [0.2, 0.25) is 15.9 Å². The van der Waals surface area contributed by atoms with Crippen LogP contribution in [0.15, 0.2) is 53.4 Å². The molecule has 0 aromatic heterocycles. The zero-order valence-corrected chi connectivity index (χ0v) is 17.5. The van der Waals surface area contributed by atoms with E-state index in [1.165, 1.54) is 0 Å². The molecule has 0 saturated heterocycles. The largest absolute Gasteiger partial charge is 0.309 e. The Hall–Kier alpha value is -2.18. The minimum atomic E-state index is -3.63. The van der Waals surface area contributed by atoms with Gasteiger partial charge in [0.1, 0.15) is 0 Å². The standard InChI is InChI=1S/C22H28N2O3S/c1-4-19(14-17-9-7-6-8-10-17)23-28(26,27)20-11-12-21-18(15-20)13-16(3)24(21)22(25)5-2/h6-12,15-16,19,23H,4-5,13-14H2,1-3H3/t16-,19-/m0/s1. The van der Waals surface area contributed by atoms with E-state index in [4.69, 9.17) is 0 Å². The predicted molar refractivity (Wildman–Crippen MR) is 112 cm³/mol. The summed E-state index contributed by atoms with van der Waals surface area (Å²) in [4.78, 5) is 14.3. The van der Waals surface area contributed by atoms with Gasteiger partial charge in [0.25, 0.3) is 0 Å². The lowest BCUT2D eigenvalue weighted by atomic mass is 10.1. The van der Waals surface area contributed by atoms with Crippen molar-refractivity contribution in [3.63, 3.8) is 0 Å². The summed E-state index contributed by atoms with van der Waals surface area (Å²) in [5.74, 6) is 0.0638. The second kappa shape index (κ2) is 8.45. The number of carbonyl (C=O) groups is 1. The molecule has 0 bridgehead atoms. The maximum absolute atomic E-state index is 13.0. The molecule has 28 heavy (non-hydrogen) atoms. The first-order valence-electron chi connectivity index (χ1n) is 9.87. The quantitative estimate of drug-likeness (QED) is 0.771. The zero-order chi connectivity index (χ0) is 20.3. The fourth-order valence-corrected chi connectivity index (χ4v) is 5.15. The summed E-state index contributed by atoms with van der Waals surface area (Å²) < 4.78 is 28.8. The van der Waals surface area contributed by atoms with Gasteiger partial charge in [0, 0.05) is 24.2 Å². The van der Waals surface area contributed by atoms with E-state index in [9.17, 15) is 13.2 Å². The highest BCUT2D eigenvalue weighted by Crippen LogP contribution is 2.34. The van der Waals surface area contributed by atoms with Crippen molar-refractivity contribution >= 4 is 21.6 Å². The average molecular weight is 401 g/mol. The number of fused-ring (bicyclic) bond motifs is 1. The van der Waals surface area contributed by atoms with Crippen LogP contribution in [0.2, 0.25) is 0 Å². The van der Waals surface area contributed by atoms with Crippen LogP contribution >= 0.6 is 0 Å². The Labute approximate surface area is 167 Å². The lowest BCUT2D eigenvalue weighted by Gasteiger charge is -2.22.